The average molecular weight is 327 g/mol. The van der Waals surface area contributed by atoms with E-state index in [1.54, 1.807) is 7.11 Å². The summed E-state index contributed by atoms with van der Waals surface area (Å²) in [5.74, 6) is 0.670. The lowest BCUT2D eigenvalue weighted by molar-refractivity contribution is 0.401. The summed E-state index contributed by atoms with van der Waals surface area (Å²) < 4.78 is 34.1. The highest BCUT2D eigenvalue weighted by molar-refractivity contribution is 7.87. The highest BCUT2D eigenvalue weighted by atomic mass is 32.2. The molecule has 3 N–H and O–H groups in total. The molecule has 1 aliphatic rings. The van der Waals surface area contributed by atoms with Crippen molar-refractivity contribution in [3.05, 3.63) is 29.8 Å². The van der Waals surface area contributed by atoms with Gasteiger partial charge >= 0.3 is 0 Å². The SMILES string of the molecule is COc1ccccc1C(N)CNS(=O)(=O)N1CCCCCC1. The fourth-order valence-corrected chi connectivity index (χ4v) is 3.96. The Kier molecular flexibility index (Phi) is 6.19. The zero-order valence-corrected chi connectivity index (χ0v) is 13.8. The molecule has 1 saturated heterocycles. The van der Waals surface area contributed by atoms with Gasteiger partial charge in [-0.15, -0.1) is 0 Å². The van der Waals surface area contributed by atoms with Crippen molar-refractivity contribution in [1.29, 1.82) is 0 Å². The van der Waals surface area contributed by atoms with Crippen LogP contribution in [0.5, 0.6) is 5.75 Å². The maximum Gasteiger partial charge on any atom is 0.279 e. The minimum Gasteiger partial charge on any atom is -0.496 e. The Labute approximate surface area is 132 Å². The van der Waals surface area contributed by atoms with Crippen LogP contribution in [0.3, 0.4) is 0 Å². The molecular formula is C15H25N3O3S. The normalized spacial score (nSPS) is 18.6. The van der Waals surface area contributed by atoms with Crippen molar-refractivity contribution in [3.8, 4) is 5.75 Å². The summed E-state index contributed by atoms with van der Waals surface area (Å²) in [5, 5.41) is 0. The topological polar surface area (TPSA) is 84.7 Å². The number of benzene rings is 1. The molecule has 1 heterocycles. The van der Waals surface area contributed by atoms with Crippen LogP contribution in [0.2, 0.25) is 0 Å². The Morgan fingerprint density at radius 3 is 2.50 bits per heavy atom. The van der Waals surface area contributed by atoms with E-state index in [4.69, 9.17) is 10.5 Å². The first-order valence-corrected chi connectivity index (χ1v) is 9.12. The van der Waals surface area contributed by atoms with Crippen LogP contribution in [-0.4, -0.2) is 39.5 Å². The van der Waals surface area contributed by atoms with Gasteiger partial charge in [0.15, 0.2) is 0 Å². The second-order valence-corrected chi connectivity index (χ2v) is 7.27. The van der Waals surface area contributed by atoms with Crippen LogP contribution in [-0.2, 0) is 10.2 Å². The van der Waals surface area contributed by atoms with Gasteiger partial charge in [-0.3, -0.25) is 0 Å². The van der Waals surface area contributed by atoms with E-state index in [0.29, 0.717) is 18.8 Å². The molecule has 1 aliphatic heterocycles. The van der Waals surface area contributed by atoms with Crippen LogP contribution in [0.25, 0.3) is 0 Å². The zero-order valence-electron chi connectivity index (χ0n) is 13.0. The first-order valence-electron chi connectivity index (χ1n) is 7.68. The van der Waals surface area contributed by atoms with Gasteiger partial charge in [-0.05, 0) is 18.9 Å². The van der Waals surface area contributed by atoms with Crippen molar-refractivity contribution in [2.24, 2.45) is 5.73 Å². The number of ether oxygens (including phenoxy) is 1. The number of para-hydroxylation sites is 1. The number of nitrogens with one attached hydrogen (secondary N) is 1. The largest absolute Gasteiger partial charge is 0.496 e. The van der Waals surface area contributed by atoms with Crippen molar-refractivity contribution in [2.45, 2.75) is 31.7 Å². The maximum absolute atomic E-state index is 12.4. The standard InChI is InChI=1S/C15H25N3O3S/c1-21-15-9-5-4-8-13(15)14(16)12-17-22(19,20)18-10-6-2-3-7-11-18/h4-5,8-9,14,17H,2-3,6-7,10-12,16H2,1H3. The third kappa shape index (κ3) is 4.42. The summed E-state index contributed by atoms with van der Waals surface area (Å²) in [6.45, 7) is 1.32. The molecular weight excluding hydrogens is 302 g/mol. The number of hydrogen-bond acceptors (Lipinski definition) is 4. The Bertz CT molecular complexity index is 569. The lowest BCUT2D eigenvalue weighted by Crippen LogP contribution is -2.43. The molecule has 22 heavy (non-hydrogen) atoms. The smallest absolute Gasteiger partial charge is 0.279 e. The van der Waals surface area contributed by atoms with Crippen LogP contribution in [0.4, 0.5) is 0 Å². The summed E-state index contributed by atoms with van der Waals surface area (Å²) in [7, 11) is -1.89. The predicted molar refractivity (Wildman–Crippen MR) is 86.9 cm³/mol. The Balaban J connectivity index is 1.98. The number of nitrogens with two attached hydrogens (primary N) is 1. The van der Waals surface area contributed by atoms with Crippen molar-refractivity contribution < 1.29 is 13.2 Å². The van der Waals surface area contributed by atoms with E-state index in [2.05, 4.69) is 4.72 Å². The van der Waals surface area contributed by atoms with Gasteiger partial charge in [-0.2, -0.15) is 12.7 Å². The summed E-state index contributed by atoms with van der Waals surface area (Å²) in [6, 6.07) is 6.94. The first kappa shape index (κ1) is 17.2. The lowest BCUT2D eigenvalue weighted by atomic mass is 10.1. The van der Waals surface area contributed by atoms with Crippen molar-refractivity contribution >= 4 is 10.2 Å². The predicted octanol–water partition coefficient (Wildman–Crippen LogP) is 1.41. The van der Waals surface area contributed by atoms with E-state index in [1.807, 2.05) is 24.3 Å². The van der Waals surface area contributed by atoms with Gasteiger partial charge in [0.1, 0.15) is 5.75 Å². The molecule has 0 amide bonds. The van der Waals surface area contributed by atoms with E-state index in [-0.39, 0.29) is 6.54 Å². The molecule has 0 spiro atoms. The molecule has 0 aliphatic carbocycles. The first-order chi connectivity index (χ1) is 10.5. The van der Waals surface area contributed by atoms with Gasteiger partial charge < -0.3 is 10.5 Å². The van der Waals surface area contributed by atoms with Gasteiger partial charge in [0.05, 0.1) is 7.11 Å². The summed E-state index contributed by atoms with van der Waals surface area (Å²) >= 11 is 0. The molecule has 0 aromatic heterocycles. The van der Waals surface area contributed by atoms with E-state index in [1.165, 1.54) is 4.31 Å². The molecule has 2 rings (SSSR count). The van der Waals surface area contributed by atoms with Crippen molar-refractivity contribution in [3.63, 3.8) is 0 Å². The fourth-order valence-electron chi connectivity index (χ4n) is 2.65. The summed E-state index contributed by atoms with van der Waals surface area (Å²) in [4.78, 5) is 0. The van der Waals surface area contributed by atoms with Crippen LogP contribution in [0, 0.1) is 0 Å². The van der Waals surface area contributed by atoms with Gasteiger partial charge in [0.25, 0.3) is 10.2 Å². The van der Waals surface area contributed by atoms with Gasteiger partial charge in [0.2, 0.25) is 0 Å². The fraction of sp³-hybridized carbons (Fsp3) is 0.600. The Morgan fingerprint density at radius 2 is 1.86 bits per heavy atom. The van der Waals surface area contributed by atoms with E-state index in [0.717, 1.165) is 31.2 Å². The summed E-state index contributed by atoms with van der Waals surface area (Å²) in [5.41, 5.74) is 6.91. The highest BCUT2D eigenvalue weighted by Crippen LogP contribution is 2.23. The second-order valence-electron chi connectivity index (χ2n) is 5.52. The van der Waals surface area contributed by atoms with Gasteiger partial charge in [0, 0.05) is 31.2 Å². The minimum absolute atomic E-state index is 0.152. The molecule has 1 aromatic carbocycles. The third-order valence-corrected chi connectivity index (χ3v) is 5.51. The monoisotopic (exact) mass is 327 g/mol. The molecule has 0 bridgehead atoms. The van der Waals surface area contributed by atoms with Gasteiger partial charge in [-0.25, -0.2) is 4.72 Å². The Hall–Kier alpha value is -1.15. The maximum atomic E-state index is 12.4. The number of methoxy groups -OCH3 is 1. The molecule has 1 aromatic rings. The number of rotatable bonds is 6. The van der Waals surface area contributed by atoms with E-state index >= 15 is 0 Å². The molecule has 1 atom stereocenters. The Morgan fingerprint density at radius 1 is 1.23 bits per heavy atom. The van der Waals surface area contributed by atoms with Crippen molar-refractivity contribution in [2.75, 3.05) is 26.7 Å². The van der Waals surface area contributed by atoms with E-state index in [9.17, 15) is 8.42 Å². The molecule has 7 heteroatoms. The van der Waals surface area contributed by atoms with Crippen LogP contribution in [0.15, 0.2) is 24.3 Å². The molecule has 124 valence electrons. The van der Waals surface area contributed by atoms with Crippen LogP contribution in [0.1, 0.15) is 37.3 Å². The molecule has 1 fully saturated rings. The molecule has 0 saturated carbocycles. The van der Waals surface area contributed by atoms with Crippen LogP contribution < -0.4 is 15.2 Å². The molecule has 6 nitrogen and oxygen atoms in total. The van der Waals surface area contributed by atoms with Crippen LogP contribution >= 0.6 is 0 Å². The lowest BCUT2D eigenvalue weighted by Gasteiger charge is -2.22. The second kappa shape index (κ2) is 7.92. The minimum atomic E-state index is -3.47. The number of nitrogens with zero attached hydrogens (tertiary/aromatic N) is 1. The molecule has 0 radical (unpaired) electrons. The average Bonchev–Trinajstić information content (AvgIpc) is 2.82. The summed E-state index contributed by atoms with van der Waals surface area (Å²) in [6.07, 6.45) is 4.01. The zero-order chi connectivity index (χ0) is 16.0. The van der Waals surface area contributed by atoms with Crippen molar-refractivity contribution in [1.82, 2.24) is 9.03 Å². The quantitative estimate of drug-likeness (QED) is 0.827. The van der Waals surface area contributed by atoms with Gasteiger partial charge in [-0.1, -0.05) is 31.0 Å². The molecule has 1 unspecified atom stereocenters. The third-order valence-electron chi connectivity index (χ3n) is 3.93. The van der Waals surface area contributed by atoms with E-state index < -0.39 is 16.3 Å². The highest BCUT2D eigenvalue weighted by Gasteiger charge is 2.23. The number of hydrogen-bond donors (Lipinski definition) is 2.